The quantitative estimate of drug-likeness (QED) is 0.335. The molecule has 9 heteroatoms. The lowest BCUT2D eigenvalue weighted by atomic mass is 10.0. The molecule has 0 unspecified atom stereocenters. The van der Waals surface area contributed by atoms with Gasteiger partial charge in [-0.05, 0) is 55.0 Å². The molecule has 0 amide bonds. The van der Waals surface area contributed by atoms with Crippen molar-refractivity contribution in [2.75, 3.05) is 20.8 Å². The summed E-state index contributed by atoms with van der Waals surface area (Å²) in [6.45, 7) is 1.72. The molecule has 0 fully saturated rings. The van der Waals surface area contributed by atoms with E-state index in [1.54, 1.807) is 61.8 Å². The second kappa shape index (κ2) is 10.1. The number of hydrogen-bond acceptors (Lipinski definition) is 6. The number of carbonyl (C=O) groups excluding carboxylic acids is 1. The van der Waals surface area contributed by atoms with Crippen molar-refractivity contribution in [3.8, 4) is 17.4 Å². The number of carbonyl (C=O) groups is 2. The number of ketones is 1. The van der Waals surface area contributed by atoms with E-state index in [2.05, 4.69) is 4.98 Å². The van der Waals surface area contributed by atoms with Gasteiger partial charge in [-0.3, -0.25) is 4.79 Å². The number of nitrogens with zero attached hydrogens (tertiary/aromatic N) is 2. The Morgan fingerprint density at radius 1 is 1.03 bits per heavy atom. The Kier molecular flexibility index (Phi) is 6.93. The van der Waals surface area contributed by atoms with Gasteiger partial charge in [-0.1, -0.05) is 11.6 Å². The standard InChI is InChI=1S/C26H23ClN2O6/c1-15-25(26(32)16-4-6-18(33-2)7-5-16)20-11-23(34-3)28-12-22(20)29(15)13-17-10-19(8-9-21(17)27)35-14-24(30)31/h4-12H,13-14H2,1-3H3,(H,30,31). The Hall–Kier alpha value is -4.04. The molecular formula is C26H23ClN2O6. The van der Waals surface area contributed by atoms with Gasteiger partial charge in [0.15, 0.2) is 12.4 Å². The van der Waals surface area contributed by atoms with Crippen LogP contribution in [0.2, 0.25) is 5.02 Å². The van der Waals surface area contributed by atoms with E-state index in [-0.39, 0.29) is 5.78 Å². The zero-order valence-electron chi connectivity index (χ0n) is 19.4. The fraction of sp³-hybridized carbons (Fsp3) is 0.192. The lowest BCUT2D eigenvalue weighted by Gasteiger charge is -2.12. The van der Waals surface area contributed by atoms with E-state index in [1.807, 2.05) is 11.5 Å². The van der Waals surface area contributed by atoms with E-state index in [1.165, 1.54) is 7.11 Å². The van der Waals surface area contributed by atoms with Gasteiger partial charge in [0.05, 0.1) is 31.5 Å². The summed E-state index contributed by atoms with van der Waals surface area (Å²) in [6, 6.07) is 13.6. The monoisotopic (exact) mass is 494 g/mol. The van der Waals surface area contributed by atoms with Gasteiger partial charge in [0.1, 0.15) is 11.5 Å². The molecule has 0 saturated carbocycles. The van der Waals surface area contributed by atoms with Crippen LogP contribution in [0.1, 0.15) is 27.2 Å². The van der Waals surface area contributed by atoms with Gasteiger partial charge >= 0.3 is 5.97 Å². The molecule has 0 aliphatic rings. The number of aliphatic carboxylic acids is 1. The highest BCUT2D eigenvalue weighted by Crippen LogP contribution is 2.32. The number of hydrogen-bond donors (Lipinski definition) is 1. The lowest BCUT2D eigenvalue weighted by Crippen LogP contribution is -2.10. The maximum Gasteiger partial charge on any atom is 0.341 e. The Labute approximate surface area is 206 Å². The van der Waals surface area contributed by atoms with Crippen LogP contribution in [0.3, 0.4) is 0 Å². The number of carboxylic acid groups (broad SMARTS) is 1. The molecule has 0 saturated heterocycles. The van der Waals surface area contributed by atoms with Crippen LogP contribution < -0.4 is 14.2 Å². The molecule has 8 nitrogen and oxygen atoms in total. The van der Waals surface area contributed by atoms with Gasteiger partial charge in [-0.2, -0.15) is 0 Å². The summed E-state index contributed by atoms with van der Waals surface area (Å²) < 4.78 is 17.8. The number of benzene rings is 2. The number of carboxylic acids is 1. The van der Waals surface area contributed by atoms with Crippen molar-refractivity contribution in [1.29, 1.82) is 0 Å². The second-order valence-electron chi connectivity index (χ2n) is 7.78. The Bertz CT molecular complexity index is 1410. The van der Waals surface area contributed by atoms with E-state index < -0.39 is 12.6 Å². The van der Waals surface area contributed by atoms with E-state index in [9.17, 15) is 9.59 Å². The third kappa shape index (κ3) is 4.93. The van der Waals surface area contributed by atoms with Gasteiger partial charge in [-0.15, -0.1) is 0 Å². The maximum atomic E-state index is 13.6. The summed E-state index contributed by atoms with van der Waals surface area (Å²) >= 11 is 6.45. The van der Waals surface area contributed by atoms with Crippen molar-refractivity contribution in [2.45, 2.75) is 13.5 Å². The van der Waals surface area contributed by atoms with Crippen LogP contribution in [0.5, 0.6) is 17.4 Å². The Balaban J connectivity index is 1.81. The van der Waals surface area contributed by atoms with Gasteiger partial charge in [0.2, 0.25) is 5.88 Å². The van der Waals surface area contributed by atoms with Crippen LogP contribution in [0.15, 0.2) is 54.7 Å². The number of rotatable bonds is 9. The molecule has 2 aromatic heterocycles. The molecule has 35 heavy (non-hydrogen) atoms. The largest absolute Gasteiger partial charge is 0.497 e. The number of pyridine rings is 1. The molecule has 0 radical (unpaired) electrons. The molecule has 0 spiro atoms. The molecule has 2 heterocycles. The number of fused-ring (bicyclic) bond motifs is 1. The highest BCUT2D eigenvalue weighted by Gasteiger charge is 2.23. The normalized spacial score (nSPS) is 10.9. The van der Waals surface area contributed by atoms with Gasteiger partial charge in [0, 0.05) is 34.3 Å². The summed E-state index contributed by atoms with van der Waals surface area (Å²) in [5, 5.41) is 10.1. The minimum atomic E-state index is -1.07. The van der Waals surface area contributed by atoms with Crippen LogP contribution in [0, 0.1) is 6.92 Å². The van der Waals surface area contributed by atoms with Crippen LogP contribution in [0.25, 0.3) is 10.9 Å². The summed E-state index contributed by atoms with van der Waals surface area (Å²) in [7, 11) is 3.09. The minimum absolute atomic E-state index is 0.146. The van der Waals surface area contributed by atoms with Crippen LogP contribution >= 0.6 is 11.6 Å². The fourth-order valence-electron chi connectivity index (χ4n) is 3.92. The highest BCUT2D eigenvalue weighted by atomic mass is 35.5. The molecule has 1 N–H and O–H groups in total. The summed E-state index contributed by atoms with van der Waals surface area (Å²) in [4.78, 5) is 28.8. The number of halogens is 1. The molecule has 4 rings (SSSR count). The number of ether oxygens (including phenoxy) is 3. The first-order chi connectivity index (χ1) is 16.8. The average molecular weight is 495 g/mol. The van der Waals surface area contributed by atoms with Crippen molar-refractivity contribution >= 4 is 34.3 Å². The highest BCUT2D eigenvalue weighted by molar-refractivity contribution is 6.31. The molecule has 0 atom stereocenters. The Morgan fingerprint density at radius 3 is 2.40 bits per heavy atom. The van der Waals surface area contributed by atoms with Crippen molar-refractivity contribution in [2.24, 2.45) is 0 Å². The zero-order chi connectivity index (χ0) is 25.1. The smallest absolute Gasteiger partial charge is 0.341 e. The third-order valence-electron chi connectivity index (χ3n) is 5.68. The van der Waals surface area contributed by atoms with E-state index in [0.29, 0.717) is 51.0 Å². The van der Waals surface area contributed by atoms with Gasteiger partial charge in [0.25, 0.3) is 0 Å². The van der Waals surface area contributed by atoms with E-state index in [0.717, 1.165) is 11.2 Å². The van der Waals surface area contributed by atoms with Gasteiger partial charge in [-0.25, -0.2) is 9.78 Å². The van der Waals surface area contributed by atoms with Crippen LogP contribution in [-0.4, -0.2) is 47.2 Å². The minimum Gasteiger partial charge on any atom is -0.497 e. The fourth-order valence-corrected chi connectivity index (χ4v) is 4.10. The van der Waals surface area contributed by atoms with Crippen molar-refractivity contribution in [3.63, 3.8) is 0 Å². The first kappa shape index (κ1) is 24.1. The summed E-state index contributed by atoms with van der Waals surface area (Å²) in [5.74, 6) is 0.212. The molecule has 0 aliphatic heterocycles. The maximum absolute atomic E-state index is 13.6. The van der Waals surface area contributed by atoms with Gasteiger partial charge < -0.3 is 23.9 Å². The zero-order valence-corrected chi connectivity index (χ0v) is 20.1. The number of aromatic nitrogens is 2. The van der Waals surface area contributed by atoms with Crippen molar-refractivity contribution in [1.82, 2.24) is 9.55 Å². The van der Waals surface area contributed by atoms with Crippen molar-refractivity contribution < 1.29 is 28.9 Å². The molecular weight excluding hydrogens is 472 g/mol. The molecule has 2 aromatic carbocycles. The van der Waals surface area contributed by atoms with Crippen LogP contribution in [0.4, 0.5) is 0 Å². The number of methoxy groups -OCH3 is 2. The first-order valence-electron chi connectivity index (χ1n) is 10.7. The SMILES string of the molecule is COc1ccc(C(=O)c2c(C)n(Cc3cc(OCC(=O)O)ccc3Cl)c3cnc(OC)cc23)cc1. The molecule has 4 aromatic rings. The molecule has 180 valence electrons. The first-order valence-corrected chi connectivity index (χ1v) is 11.0. The lowest BCUT2D eigenvalue weighted by molar-refractivity contribution is -0.139. The second-order valence-corrected chi connectivity index (χ2v) is 8.19. The summed E-state index contributed by atoms with van der Waals surface area (Å²) in [6.07, 6.45) is 1.66. The summed E-state index contributed by atoms with van der Waals surface area (Å²) in [5.41, 5.74) is 3.21. The molecule has 0 bridgehead atoms. The van der Waals surface area contributed by atoms with Crippen molar-refractivity contribution in [3.05, 3.63) is 82.1 Å². The third-order valence-corrected chi connectivity index (χ3v) is 6.05. The molecule has 0 aliphatic carbocycles. The topological polar surface area (TPSA) is 99.9 Å². The van der Waals surface area contributed by atoms with E-state index in [4.69, 9.17) is 30.9 Å². The average Bonchev–Trinajstić information content (AvgIpc) is 3.14. The van der Waals surface area contributed by atoms with E-state index >= 15 is 0 Å². The predicted molar refractivity (Wildman–Crippen MR) is 131 cm³/mol. The predicted octanol–water partition coefficient (Wildman–Crippen LogP) is 4.76. The van der Waals surface area contributed by atoms with Crippen LogP contribution in [-0.2, 0) is 11.3 Å². The Morgan fingerprint density at radius 2 is 1.74 bits per heavy atom.